The highest BCUT2D eigenvalue weighted by Crippen LogP contribution is 2.26. The SMILES string of the molecule is N[C@@H]1CCC[C@H]1CC(=O)NCc1cc(Br)cs1. The van der Waals surface area contributed by atoms with Crippen LogP contribution in [0.3, 0.4) is 0 Å². The predicted octanol–water partition coefficient (Wildman–Crippen LogP) is 2.64. The third-order valence-corrected chi connectivity index (χ3v) is 4.94. The number of hydrogen-bond donors (Lipinski definition) is 2. The fourth-order valence-electron chi connectivity index (χ4n) is 2.26. The van der Waals surface area contributed by atoms with Crippen LogP contribution in [0.15, 0.2) is 15.9 Å². The van der Waals surface area contributed by atoms with E-state index in [9.17, 15) is 4.79 Å². The van der Waals surface area contributed by atoms with Crippen LogP contribution in [-0.2, 0) is 11.3 Å². The number of rotatable bonds is 4. The predicted molar refractivity (Wildman–Crippen MR) is 73.8 cm³/mol. The topological polar surface area (TPSA) is 55.1 Å². The van der Waals surface area contributed by atoms with E-state index in [1.807, 2.05) is 11.4 Å². The maximum absolute atomic E-state index is 11.8. The summed E-state index contributed by atoms with van der Waals surface area (Å²) in [6.45, 7) is 0.622. The summed E-state index contributed by atoms with van der Waals surface area (Å²) in [6.07, 6.45) is 3.90. The van der Waals surface area contributed by atoms with Crippen LogP contribution in [0.4, 0.5) is 0 Å². The maximum Gasteiger partial charge on any atom is 0.220 e. The normalized spacial score (nSPS) is 23.9. The Morgan fingerprint density at radius 1 is 1.59 bits per heavy atom. The number of halogens is 1. The minimum atomic E-state index is 0.122. The molecule has 0 aromatic carbocycles. The van der Waals surface area contributed by atoms with Gasteiger partial charge >= 0.3 is 0 Å². The van der Waals surface area contributed by atoms with Gasteiger partial charge < -0.3 is 11.1 Å². The van der Waals surface area contributed by atoms with E-state index in [2.05, 4.69) is 21.2 Å². The van der Waals surface area contributed by atoms with Crippen LogP contribution in [0.25, 0.3) is 0 Å². The molecule has 1 saturated carbocycles. The highest BCUT2D eigenvalue weighted by atomic mass is 79.9. The Bertz CT molecular complexity index is 394. The molecule has 0 radical (unpaired) electrons. The second-order valence-corrected chi connectivity index (χ2v) is 6.48. The van der Waals surface area contributed by atoms with Crippen LogP contribution < -0.4 is 11.1 Å². The molecule has 94 valence electrons. The van der Waals surface area contributed by atoms with Crippen molar-refractivity contribution in [2.75, 3.05) is 0 Å². The summed E-state index contributed by atoms with van der Waals surface area (Å²) >= 11 is 5.05. The zero-order valence-corrected chi connectivity index (χ0v) is 12.0. The number of amides is 1. The van der Waals surface area contributed by atoms with Crippen LogP contribution >= 0.6 is 27.3 Å². The molecular weight excluding hydrogens is 300 g/mol. The molecule has 1 amide bonds. The molecule has 1 aliphatic rings. The Kier molecular flexibility index (Phi) is 4.59. The molecule has 3 nitrogen and oxygen atoms in total. The molecule has 3 N–H and O–H groups in total. The van der Waals surface area contributed by atoms with Gasteiger partial charge in [0, 0.05) is 27.2 Å². The summed E-state index contributed by atoms with van der Waals surface area (Å²) in [6, 6.07) is 2.25. The van der Waals surface area contributed by atoms with E-state index in [4.69, 9.17) is 5.73 Å². The zero-order valence-electron chi connectivity index (χ0n) is 9.62. The first-order chi connectivity index (χ1) is 8.15. The first kappa shape index (κ1) is 13.1. The number of hydrogen-bond acceptors (Lipinski definition) is 3. The average molecular weight is 317 g/mol. The summed E-state index contributed by atoms with van der Waals surface area (Å²) < 4.78 is 1.07. The molecule has 1 aliphatic carbocycles. The number of carbonyl (C=O) groups is 1. The molecule has 1 aromatic heterocycles. The van der Waals surface area contributed by atoms with Crippen LogP contribution in [0.1, 0.15) is 30.6 Å². The minimum absolute atomic E-state index is 0.122. The first-order valence-corrected chi connectivity index (χ1v) is 7.57. The van der Waals surface area contributed by atoms with E-state index in [1.165, 1.54) is 4.88 Å². The number of nitrogens with two attached hydrogens (primary N) is 1. The van der Waals surface area contributed by atoms with Crippen LogP contribution in [0.5, 0.6) is 0 Å². The summed E-state index contributed by atoms with van der Waals surface area (Å²) in [7, 11) is 0. The van der Waals surface area contributed by atoms with Gasteiger partial charge in [-0.2, -0.15) is 0 Å². The number of carbonyl (C=O) groups excluding carboxylic acids is 1. The Labute approximate surface area is 114 Å². The van der Waals surface area contributed by atoms with Crippen LogP contribution in [-0.4, -0.2) is 11.9 Å². The van der Waals surface area contributed by atoms with Crippen molar-refractivity contribution < 1.29 is 4.79 Å². The fraction of sp³-hybridized carbons (Fsp3) is 0.583. The monoisotopic (exact) mass is 316 g/mol. The quantitative estimate of drug-likeness (QED) is 0.897. The van der Waals surface area contributed by atoms with Gasteiger partial charge in [-0.1, -0.05) is 6.42 Å². The molecule has 1 heterocycles. The minimum Gasteiger partial charge on any atom is -0.351 e. The molecule has 2 atom stereocenters. The second-order valence-electron chi connectivity index (χ2n) is 4.57. The molecule has 0 unspecified atom stereocenters. The molecule has 2 rings (SSSR count). The molecule has 0 aliphatic heterocycles. The lowest BCUT2D eigenvalue weighted by Crippen LogP contribution is -2.31. The molecular formula is C12H17BrN2OS. The summed E-state index contributed by atoms with van der Waals surface area (Å²) in [5, 5.41) is 4.98. The van der Waals surface area contributed by atoms with Gasteiger partial charge in [-0.25, -0.2) is 0 Å². The van der Waals surface area contributed by atoms with E-state index in [-0.39, 0.29) is 11.9 Å². The Morgan fingerprint density at radius 3 is 3.00 bits per heavy atom. The van der Waals surface area contributed by atoms with Crippen molar-refractivity contribution in [2.45, 2.75) is 38.3 Å². The Balaban J connectivity index is 1.74. The molecule has 1 aromatic rings. The molecule has 5 heteroatoms. The van der Waals surface area contributed by atoms with E-state index in [0.717, 1.165) is 23.7 Å². The maximum atomic E-state index is 11.8. The lowest BCUT2D eigenvalue weighted by Gasteiger charge is -2.14. The van der Waals surface area contributed by atoms with Crippen molar-refractivity contribution in [1.29, 1.82) is 0 Å². The zero-order chi connectivity index (χ0) is 12.3. The van der Waals surface area contributed by atoms with Gasteiger partial charge in [-0.3, -0.25) is 4.79 Å². The number of thiophene rings is 1. The summed E-state index contributed by atoms with van der Waals surface area (Å²) in [5.74, 6) is 0.502. The van der Waals surface area contributed by atoms with Crippen molar-refractivity contribution in [3.05, 3.63) is 20.8 Å². The van der Waals surface area contributed by atoms with Gasteiger partial charge in [0.1, 0.15) is 0 Å². The molecule has 0 spiro atoms. The van der Waals surface area contributed by atoms with Gasteiger partial charge in [0.2, 0.25) is 5.91 Å². The van der Waals surface area contributed by atoms with E-state index in [1.54, 1.807) is 11.3 Å². The molecule has 0 bridgehead atoms. The van der Waals surface area contributed by atoms with Gasteiger partial charge in [-0.15, -0.1) is 11.3 Å². The third kappa shape index (κ3) is 3.79. The second kappa shape index (κ2) is 5.98. The largest absolute Gasteiger partial charge is 0.351 e. The van der Waals surface area contributed by atoms with Gasteiger partial charge in [0.05, 0.1) is 6.54 Å². The highest BCUT2D eigenvalue weighted by molar-refractivity contribution is 9.10. The van der Waals surface area contributed by atoms with Crippen molar-refractivity contribution in [1.82, 2.24) is 5.32 Å². The number of nitrogens with one attached hydrogen (secondary N) is 1. The summed E-state index contributed by atoms with van der Waals surface area (Å²) in [4.78, 5) is 12.9. The van der Waals surface area contributed by atoms with Crippen LogP contribution in [0.2, 0.25) is 0 Å². The third-order valence-electron chi connectivity index (χ3n) is 3.25. The van der Waals surface area contributed by atoms with Gasteiger partial charge in [-0.05, 0) is 40.8 Å². The van der Waals surface area contributed by atoms with Crippen molar-refractivity contribution in [3.8, 4) is 0 Å². The van der Waals surface area contributed by atoms with Crippen molar-refractivity contribution in [2.24, 2.45) is 11.7 Å². The smallest absolute Gasteiger partial charge is 0.220 e. The average Bonchev–Trinajstić information content (AvgIpc) is 2.86. The fourth-order valence-corrected chi connectivity index (χ4v) is 3.65. The van der Waals surface area contributed by atoms with E-state index >= 15 is 0 Å². The standard InChI is InChI=1S/C12H17BrN2OS/c13-9-5-10(17-7-9)6-15-12(16)4-8-2-1-3-11(8)14/h5,7-8,11H,1-4,6,14H2,(H,15,16)/t8-,11+/m0/s1. The molecule has 1 fully saturated rings. The van der Waals surface area contributed by atoms with E-state index < -0.39 is 0 Å². The lowest BCUT2D eigenvalue weighted by molar-refractivity contribution is -0.122. The van der Waals surface area contributed by atoms with Crippen molar-refractivity contribution in [3.63, 3.8) is 0 Å². The van der Waals surface area contributed by atoms with Crippen LogP contribution in [0, 0.1) is 5.92 Å². The summed E-state index contributed by atoms with van der Waals surface area (Å²) in [5.41, 5.74) is 5.95. The molecule has 17 heavy (non-hydrogen) atoms. The Morgan fingerprint density at radius 2 is 2.41 bits per heavy atom. The highest BCUT2D eigenvalue weighted by Gasteiger charge is 2.25. The first-order valence-electron chi connectivity index (χ1n) is 5.90. The van der Waals surface area contributed by atoms with E-state index in [0.29, 0.717) is 18.9 Å². The Hall–Kier alpha value is -0.390. The molecule has 0 saturated heterocycles. The van der Waals surface area contributed by atoms with Gasteiger partial charge in [0.25, 0.3) is 0 Å². The lowest BCUT2D eigenvalue weighted by atomic mass is 10.00. The van der Waals surface area contributed by atoms with Crippen molar-refractivity contribution >= 4 is 33.2 Å². The van der Waals surface area contributed by atoms with Gasteiger partial charge in [0.15, 0.2) is 0 Å².